The maximum absolute atomic E-state index is 10.7. The monoisotopic (exact) mass is 238 g/mol. The Labute approximate surface area is 92.3 Å². The fourth-order valence-corrected chi connectivity index (χ4v) is 1.34. The molecule has 3 N–H and O–H groups in total. The van der Waals surface area contributed by atoms with Crippen LogP contribution in [0.1, 0.15) is 20.8 Å². The summed E-state index contributed by atoms with van der Waals surface area (Å²) in [6.45, 7) is 6.95. The third-order valence-electron chi connectivity index (χ3n) is 2.39. The summed E-state index contributed by atoms with van der Waals surface area (Å²) in [4.78, 5) is 0. The maximum atomic E-state index is 10.7. The lowest BCUT2D eigenvalue weighted by Crippen LogP contribution is -2.44. The first-order valence-corrected chi connectivity index (χ1v) is 6.92. The van der Waals surface area contributed by atoms with Crippen LogP contribution in [0.15, 0.2) is 0 Å². The highest BCUT2D eigenvalue weighted by Gasteiger charge is 2.23. The highest BCUT2D eigenvalue weighted by Crippen LogP contribution is 2.13. The molecule has 0 fully saturated rings. The van der Waals surface area contributed by atoms with Gasteiger partial charge in [-0.1, -0.05) is 13.8 Å². The molecule has 0 spiro atoms. The quantitative estimate of drug-likeness (QED) is 0.524. The van der Waals surface area contributed by atoms with E-state index in [0.29, 0.717) is 19.6 Å². The lowest BCUT2D eigenvalue weighted by atomic mass is 9.93. The zero-order valence-electron chi connectivity index (χ0n) is 9.87. The van der Waals surface area contributed by atoms with E-state index in [0.717, 1.165) is 6.26 Å². The molecule has 0 bridgehead atoms. The average molecular weight is 238 g/mol. The summed E-state index contributed by atoms with van der Waals surface area (Å²) in [7, 11) is -3.11. The number of sulfonamides is 1. The topological polar surface area (TPSA) is 78.4 Å². The van der Waals surface area contributed by atoms with Gasteiger partial charge < -0.3 is 10.4 Å². The third-order valence-corrected chi connectivity index (χ3v) is 3.12. The summed E-state index contributed by atoms with van der Waals surface area (Å²) >= 11 is 0. The van der Waals surface area contributed by atoms with E-state index in [1.807, 2.05) is 13.8 Å². The fourth-order valence-electron chi connectivity index (χ4n) is 0.870. The molecule has 0 aliphatic heterocycles. The van der Waals surface area contributed by atoms with Crippen LogP contribution in [0.4, 0.5) is 0 Å². The van der Waals surface area contributed by atoms with Crippen molar-refractivity contribution in [1.82, 2.24) is 10.0 Å². The largest absolute Gasteiger partial charge is 0.389 e. The van der Waals surface area contributed by atoms with Gasteiger partial charge in [-0.05, 0) is 12.8 Å². The van der Waals surface area contributed by atoms with E-state index in [1.165, 1.54) is 0 Å². The first kappa shape index (κ1) is 14.8. The van der Waals surface area contributed by atoms with E-state index in [4.69, 9.17) is 0 Å². The minimum Gasteiger partial charge on any atom is -0.389 e. The van der Waals surface area contributed by atoms with Gasteiger partial charge in [0.2, 0.25) is 10.0 Å². The Morgan fingerprint density at radius 1 is 1.33 bits per heavy atom. The molecule has 0 heterocycles. The summed E-state index contributed by atoms with van der Waals surface area (Å²) in [6.07, 6.45) is 1.12. The van der Waals surface area contributed by atoms with E-state index in [2.05, 4.69) is 10.0 Å². The van der Waals surface area contributed by atoms with Crippen molar-refractivity contribution in [3.63, 3.8) is 0 Å². The molecule has 0 radical (unpaired) electrons. The van der Waals surface area contributed by atoms with Crippen LogP contribution < -0.4 is 10.0 Å². The van der Waals surface area contributed by atoms with Crippen LogP contribution in [0.2, 0.25) is 0 Å². The van der Waals surface area contributed by atoms with Crippen LogP contribution in [-0.2, 0) is 10.0 Å². The van der Waals surface area contributed by atoms with Crippen molar-refractivity contribution >= 4 is 10.0 Å². The number of nitrogens with one attached hydrogen (secondary N) is 2. The predicted molar refractivity (Wildman–Crippen MR) is 61.2 cm³/mol. The molecule has 0 saturated carbocycles. The molecule has 15 heavy (non-hydrogen) atoms. The van der Waals surface area contributed by atoms with Gasteiger partial charge in [-0.15, -0.1) is 0 Å². The van der Waals surface area contributed by atoms with E-state index in [1.54, 1.807) is 6.92 Å². The minimum atomic E-state index is -3.11. The molecule has 6 heteroatoms. The van der Waals surface area contributed by atoms with Crippen molar-refractivity contribution in [1.29, 1.82) is 0 Å². The standard InChI is InChI=1S/C9H22N2O3S/c1-8(2)9(3,12)7-10-5-6-11-15(4,13)14/h8,10-12H,5-7H2,1-4H3. The molecule has 0 amide bonds. The normalized spacial score (nSPS) is 16.7. The Bertz CT molecular complexity index is 273. The van der Waals surface area contributed by atoms with Crippen LogP contribution in [0, 0.1) is 5.92 Å². The Morgan fingerprint density at radius 2 is 1.87 bits per heavy atom. The van der Waals surface area contributed by atoms with Crippen molar-refractivity contribution < 1.29 is 13.5 Å². The lowest BCUT2D eigenvalue weighted by Gasteiger charge is -2.27. The van der Waals surface area contributed by atoms with Gasteiger partial charge >= 0.3 is 0 Å². The second-order valence-electron chi connectivity index (χ2n) is 4.36. The summed E-state index contributed by atoms with van der Waals surface area (Å²) in [5.41, 5.74) is -0.759. The van der Waals surface area contributed by atoms with Gasteiger partial charge in [0.15, 0.2) is 0 Å². The number of rotatable bonds is 7. The molecule has 0 aliphatic rings. The summed E-state index contributed by atoms with van der Waals surface area (Å²) in [5.74, 6) is 0.160. The van der Waals surface area contributed by atoms with Gasteiger partial charge in [0.1, 0.15) is 0 Å². The molecule has 1 unspecified atom stereocenters. The second kappa shape index (κ2) is 5.79. The van der Waals surface area contributed by atoms with Crippen LogP contribution in [0.3, 0.4) is 0 Å². The van der Waals surface area contributed by atoms with Gasteiger partial charge in [-0.3, -0.25) is 0 Å². The fraction of sp³-hybridized carbons (Fsp3) is 1.00. The Balaban J connectivity index is 3.64. The molecule has 0 saturated heterocycles. The summed E-state index contributed by atoms with van der Waals surface area (Å²) in [5, 5.41) is 12.9. The predicted octanol–water partition coefficient (Wildman–Crippen LogP) is -0.468. The molecular formula is C9H22N2O3S. The number of hydrogen-bond donors (Lipinski definition) is 3. The number of aliphatic hydroxyl groups is 1. The van der Waals surface area contributed by atoms with Crippen LogP contribution >= 0.6 is 0 Å². The van der Waals surface area contributed by atoms with Gasteiger partial charge in [0.25, 0.3) is 0 Å². The zero-order valence-corrected chi connectivity index (χ0v) is 10.7. The van der Waals surface area contributed by atoms with Gasteiger partial charge in [-0.25, -0.2) is 13.1 Å². The van der Waals surface area contributed by atoms with E-state index in [9.17, 15) is 13.5 Å². The van der Waals surface area contributed by atoms with Crippen molar-refractivity contribution in [2.45, 2.75) is 26.4 Å². The average Bonchev–Trinajstić information content (AvgIpc) is 2.00. The Kier molecular flexibility index (Phi) is 5.72. The maximum Gasteiger partial charge on any atom is 0.208 e. The molecular weight excluding hydrogens is 216 g/mol. The SMILES string of the molecule is CC(C)C(C)(O)CNCCNS(C)(=O)=O. The molecule has 1 atom stereocenters. The summed E-state index contributed by atoms with van der Waals surface area (Å²) < 4.78 is 23.8. The third kappa shape index (κ3) is 7.72. The smallest absolute Gasteiger partial charge is 0.208 e. The van der Waals surface area contributed by atoms with E-state index in [-0.39, 0.29) is 5.92 Å². The van der Waals surface area contributed by atoms with E-state index >= 15 is 0 Å². The van der Waals surface area contributed by atoms with Crippen molar-refractivity contribution in [2.24, 2.45) is 5.92 Å². The molecule has 0 rings (SSSR count). The van der Waals surface area contributed by atoms with Crippen LogP contribution in [0.5, 0.6) is 0 Å². The Morgan fingerprint density at radius 3 is 2.27 bits per heavy atom. The first-order chi connectivity index (χ1) is 6.65. The van der Waals surface area contributed by atoms with Gasteiger partial charge in [0.05, 0.1) is 11.9 Å². The molecule has 0 aromatic heterocycles. The van der Waals surface area contributed by atoms with E-state index < -0.39 is 15.6 Å². The molecule has 0 aromatic rings. The highest BCUT2D eigenvalue weighted by molar-refractivity contribution is 7.88. The van der Waals surface area contributed by atoms with Gasteiger partial charge in [-0.2, -0.15) is 0 Å². The molecule has 5 nitrogen and oxygen atoms in total. The molecule has 0 aromatic carbocycles. The minimum absolute atomic E-state index is 0.160. The molecule has 92 valence electrons. The molecule has 0 aliphatic carbocycles. The van der Waals surface area contributed by atoms with Crippen molar-refractivity contribution in [3.05, 3.63) is 0 Å². The highest BCUT2D eigenvalue weighted by atomic mass is 32.2. The van der Waals surface area contributed by atoms with Crippen molar-refractivity contribution in [2.75, 3.05) is 25.9 Å². The number of hydrogen-bond acceptors (Lipinski definition) is 4. The second-order valence-corrected chi connectivity index (χ2v) is 6.19. The van der Waals surface area contributed by atoms with Crippen molar-refractivity contribution in [3.8, 4) is 0 Å². The Hall–Kier alpha value is -0.170. The summed E-state index contributed by atoms with van der Waals surface area (Å²) in [6, 6.07) is 0. The van der Waals surface area contributed by atoms with Crippen LogP contribution in [0.25, 0.3) is 0 Å². The lowest BCUT2D eigenvalue weighted by molar-refractivity contribution is 0.0146. The van der Waals surface area contributed by atoms with Crippen LogP contribution in [-0.4, -0.2) is 45.0 Å². The zero-order chi connectivity index (χ0) is 12.1. The first-order valence-electron chi connectivity index (χ1n) is 5.03. The van der Waals surface area contributed by atoms with Gasteiger partial charge in [0, 0.05) is 19.6 Å².